The lowest BCUT2D eigenvalue weighted by Gasteiger charge is -2.17. The van der Waals surface area contributed by atoms with Gasteiger partial charge in [-0.15, -0.1) is 0 Å². The van der Waals surface area contributed by atoms with E-state index in [1.807, 2.05) is 44.2 Å². The predicted octanol–water partition coefficient (Wildman–Crippen LogP) is 4.24. The van der Waals surface area contributed by atoms with E-state index in [9.17, 15) is 4.79 Å². The van der Waals surface area contributed by atoms with Crippen LogP contribution < -0.4 is 0 Å². The summed E-state index contributed by atoms with van der Waals surface area (Å²) in [6.45, 7) is 3.95. The number of carbonyl (C=O) groups is 1. The number of carboxylic acid groups (broad SMARTS) is 1. The van der Waals surface area contributed by atoms with Gasteiger partial charge in [-0.25, -0.2) is 0 Å². The zero-order valence-electron chi connectivity index (χ0n) is 10.1. The summed E-state index contributed by atoms with van der Waals surface area (Å²) in [4.78, 5) is 10.8. The van der Waals surface area contributed by atoms with Crippen LogP contribution in [0.15, 0.2) is 30.3 Å². The molecule has 0 radical (unpaired) electrons. The van der Waals surface area contributed by atoms with E-state index < -0.39 is 5.97 Å². The van der Waals surface area contributed by atoms with Crippen LogP contribution in [0.5, 0.6) is 0 Å². The van der Waals surface area contributed by atoms with Gasteiger partial charge in [-0.2, -0.15) is 0 Å². The molecule has 0 bridgehead atoms. The molecule has 0 spiro atoms. The van der Waals surface area contributed by atoms with E-state index in [1.165, 1.54) is 0 Å². The maximum absolute atomic E-state index is 10.8. The summed E-state index contributed by atoms with van der Waals surface area (Å²) >= 11 is 5.84. The van der Waals surface area contributed by atoms with Gasteiger partial charge >= 0.3 is 5.97 Å². The largest absolute Gasteiger partial charge is 0.481 e. The summed E-state index contributed by atoms with van der Waals surface area (Å²) < 4.78 is 0. The number of halogens is 1. The number of hydrogen-bond acceptors (Lipinski definition) is 1. The lowest BCUT2D eigenvalue weighted by Crippen LogP contribution is -2.09. The van der Waals surface area contributed by atoms with Crippen molar-refractivity contribution in [1.82, 2.24) is 0 Å². The molecular formula is C14H17ClO2. The molecule has 1 atom stereocenters. The fraction of sp³-hybridized carbons (Fsp3) is 0.357. The number of allylic oxidation sites excluding steroid dienone is 2. The third-order valence-electron chi connectivity index (χ3n) is 2.84. The van der Waals surface area contributed by atoms with Gasteiger partial charge in [0.2, 0.25) is 0 Å². The highest BCUT2D eigenvalue weighted by atomic mass is 35.5. The van der Waals surface area contributed by atoms with Crippen LogP contribution >= 0.6 is 11.6 Å². The van der Waals surface area contributed by atoms with Crippen LogP contribution in [-0.4, -0.2) is 11.1 Å². The monoisotopic (exact) mass is 252 g/mol. The van der Waals surface area contributed by atoms with Crippen molar-refractivity contribution in [2.75, 3.05) is 0 Å². The Morgan fingerprint density at radius 1 is 1.41 bits per heavy atom. The molecule has 0 aliphatic rings. The number of benzene rings is 1. The first kappa shape index (κ1) is 13.8. The number of carboxylic acids is 1. The third-order valence-corrected chi connectivity index (χ3v) is 3.09. The summed E-state index contributed by atoms with van der Waals surface area (Å²) in [5.74, 6) is -0.705. The van der Waals surface area contributed by atoms with Gasteiger partial charge in [0.15, 0.2) is 0 Å². The summed E-state index contributed by atoms with van der Waals surface area (Å²) in [5, 5.41) is 9.59. The average molecular weight is 253 g/mol. The quantitative estimate of drug-likeness (QED) is 0.851. The molecule has 1 aromatic rings. The van der Waals surface area contributed by atoms with Crippen LogP contribution in [0.1, 0.15) is 32.3 Å². The summed E-state index contributed by atoms with van der Waals surface area (Å²) in [5.41, 5.74) is 2.12. The van der Waals surface area contributed by atoms with Crippen molar-refractivity contribution in [1.29, 1.82) is 0 Å². The van der Waals surface area contributed by atoms with Crippen LogP contribution in [0.3, 0.4) is 0 Å². The summed E-state index contributed by atoms with van der Waals surface area (Å²) in [6, 6.07) is 7.52. The van der Waals surface area contributed by atoms with Crippen molar-refractivity contribution in [3.05, 3.63) is 40.9 Å². The molecule has 0 amide bonds. The first-order chi connectivity index (χ1) is 8.08. The van der Waals surface area contributed by atoms with E-state index >= 15 is 0 Å². The summed E-state index contributed by atoms with van der Waals surface area (Å²) in [7, 11) is 0. The minimum atomic E-state index is -0.759. The predicted molar refractivity (Wildman–Crippen MR) is 71.1 cm³/mol. The van der Waals surface area contributed by atoms with Gasteiger partial charge in [0.25, 0.3) is 0 Å². The topological polar surface area (TPSA) is 37.3 Å². The molecule has 1 N–H and O–H groups in total. The second-order valence-electron chi connectivity index (χ2n) is 3.95. The Bertz CT molecular complexity index is 407. The van der Waals surface area contributed by atoms with Crippen LogP contribution in [0.2, 0.25) is 5.02 Å². The number of aliphatic carboxylic acids is 1. The van der Waals surface area contributed by atoms with Gasteiger partial charge in [0.05, 0.1) is 6.42 Å². The van der Waals surface area contributed by atoms with Crippen LogP contribution in [0.4, 0.5) is 0 Å². The molecule has 3 heteroatoms. The highest BCUT2D eigenvalue weighted by molar-refractivity contribution is 6.30. The Kier molecular flexibility index (Phi) is 5.23. The molecule has 0 saturated carbocycles. The van der Waals surface area contributed by atoms with Crippen molar-refractivity contribution in [3.63, 3.8) is 0 Å². The van der Waals surface area contributed by atoms with Gasteiger partial charge in [-0.05, 0) is 42.5 Å². The molecule has 0 aliphatic heterocycles. The molecule has 0 saturated heterocycles. The first-order valence-corrected chi connectivity index (χ1v) is 6.10. The lowest BCUT2D eigenvalue weighted by atomic mass is 9.88. The second-order valence-corrected chi connectivity index (χ2v) is 4.39. The van der Waals surface area contributed by atoms with E-state index in [2.05, 4.69) is 0 Å². The van der Waals surface area contributed by atoms with Crippen molar-refractivity contribution < 1.29 is 9.90 Å². The van der Waals surface area contributed by atoms with Crippen molar-refractivity contribution in [2.45, 2.75) is 26.7 Å². The first-order valence-electron chi connectivity index (χ1n) is 5.72. The number of rotatable bonds is 5. The molecule has 1 unspecified atom stereocenters. The maximum Gasteiger partial charge on any atom is 0.303 e. The molecule has 92 valence electrons. The molecule has 0 aliphatic carbocycles. The minimum absolute atomic E-state index is 0.0543. The van der Waals surface area contributed by atoms with E-state index in [-0.39, 0.29) is 12.3 Å². The second kappa shape index (κ2) is 6.45. The van der Waals surface area contributed by atoms with Gasteiger partial charge in [0.1, 0.15) is 0 Å². The minimum Gasteiger partial charge on any atom is -0.481 e. The number of hydrogen-bond donors (Lipinski definition) is 1. The lowest BCUT2D eigenvalue weighted by molar-refractivity contribution is -0.137. The normalized spacial score (nSPS) is 13.5. The SMILES string of the molecule is CC=C(c1ccc(Cl)cc1)C(CC)CC(=O)O. The van der Waals surface area contributed by atoms with Crippen molar-refractivity contribution >= 4 is 23.1 Å². The third kappa shape index (κ3) is 3.90. The molecule has 2 nitrogen and oxygen atoms in total. The van der Waals surface area contributed by atoms with E-state index in [0.29, 0.717) is 5.02 Å². The van der Waals surface area contributed by atoms with E-state index in [0.717, 1.165) is 17.6 Å². The van der Waals surface area contributed by atoms with Crippen LogP contribution in [-0.2, 0) is 4.79 Å². The van der Waals surface area contributed by atoms with E-state index in [4.69, 9.17) is 16.7 Å². The van der Waals surface area contributed by atoms with Gasteiger partial charge in [-0.3, -0.25) is 4.79 Å². The average Bonchev–Trinajstić information content (AvgIpc) is 2.30. The zero-order chi connectivity index (χ0) is 12.8. The van der Waals surface area contributed by atoms with Crippen molar-refractivity contribution in [2.24, 2.45) is 5.92 Å². The molecule has 1 rings (SSSR count). The molecule has 0 fully saturated rings. The Morgan fingerprint density at radius 3 is 2.41 bits per heavy atom. The van der Waals surface area contributed by atoms with E-state index in [1.54, 1.807) is 0 Å². The molecule has 0 aromatic heterocycles. The van der Waals surface area contributed by atoms with Gasteiger partial charge in [-0.1, -0.05) is 36.7 Å². The molecular weight excluding hydrogens is 236 g/mol. The highest BCUT2D eigenvalue weighted by Gasteiger charge is 2.16. The Labute approximate surface area is 107 Å². The standard InChI is InChI=1S/C14H17ClO2/c1-3-10(9-14(16)17)13(4-2)11-5-7-12(15)8-6-11/h4-8,10H,3,9H2,1-2H3,(H,16,17). The smallest absolute Gasteiger partial charge is 0.303 e. The Hall–Kier alpha value is -1.28. The molecule has 1 aromatic carbocycles. The fourth-order valence-electron chi connectivity index (χ4n) is 1.97. The van der Waals surface area contributed by atoms with Gasteiger partial charge < -0.3 is 5.11 Å². The summed E-state index contributed by atoms with van der Waals surface area (Å²) in [6.07, 6.45) is 2.97. The Morgan fingerprint density at radius 2 is 2.00 bits per heavy atom. The zero-order valence-corrected chi connectivity index (χ0v) is 10.9. The molecule has 0 heterocycles. The van der Waals surface area contributed by atoms with Crippen molar-refractivity contribution in [3.8, 4) is 0 Å². The highest BCUT2D eigenvalue weighted by Crippen LogP contribution is 2.29. The van der Waals surface area contributed by atoms with Gasteiger partial charge in [0, 0.05) is 5.02 Å². The maximum atomic E-state index is 10.8. The molecule has 17 heavy (non-hydrogen) atoms. The fourth-order valence-corrected chi connectivity index (χ4v) is 2.09. The van der Waals surface area contributed by atoms with Crippen LogP contribution in [0, 0.1) is 5.92 Å². The van der Waals surface area contributed by atoms with Crippen LogP contribution in [0.25, 0.3) is 5.57 Å². The Balaban J connectivity index is 2.97.